The van der Waals surface area contributed by atoms with E-state index in [1.54, 1.807) is 6.33 Å². The average molecular weight is 213 g/mol. The van der Waals surface area contributed by atoms with Gasteiger partial charge in [-0.3, -0.25) is 0 Å². The van der Waals surface area contributed by atoms with Gasteiger partial charge in [0.05, 0.1) is 6.10 Å². The molecule has 2 rings (SSSR count). The summed E-state index contributed by atoms with van der Waals surface area (Å²) in [6.45, 7) is 0.909. The lowest BCUT2D eigenvalue weighted by Crippen LogP contribution is -2.24. The molecule has 1 saturated carbocycles. The van der Waals surface area contributed by atoms with Gasteiger partial charge in [0, 0.05) is 18.1 Å². The van der Waals surface area contributed by atoms with Crippen molar-refractivity contribution >= 4 is 16.7 Å². The van der Waals surface area contributed by atoms with Crippen molar-refractivity contribution < 1.29 is 5.11 Å². The minimum absolute atomic E-state index is 0.0926. The first-order valence-corrected chi connectivity index (χ1v) is 5.80. The Morgan fingerprint density at radius 1 is 1.57 bits per heavy atom. The van der Waals surface area contributed by atoms with E-state index in [2.05, 4.69) is 14.7 Å². The molecule has 1 aromatic rings. The lowest BCUT2D eigenvalue weighted by molar-refractivity contribution is 0.105. The molecular formula is C9H15N3OS. The molecule has 0 aliphatic heterocycles. The second-order valence-corrected chi connectivity index (χ2v) is 4.59. The molecule has 2 atom stereocenters. The average Bonchev–Trinajstić information content (AvgIpc) is 2.67. The predicted molar refractivity (Wildman–Crippen MR) is 56.4 cm³/mol. The van der Waals surface area contributed by atoms with Crippen LogP contribution >= 0.6 is 11.5 Å². The highest BCUT2D eigenvalue weighted by atomic mass is 32.1. The number of nitrogens with one attached hydrogen (secondary N) is 1. The molecule has 14 heavy (non-hydrogen) atoms. The van der Waals surface area contributed by atoms with Gasteiger partial charge in [0.15, 0.2) is 0 Å². The standard InChI is InChI=1S/C9H15N3OS/c13-8-3-1-2-7(4-8)5-10-9-11-6-12-14-9/h6-8,13H,1-5H2,(H,10,11,12). The molecule has 5 heteroatoms. The molecule has 4 nitrogen and oxygen atoms in total. The van der Waals surface area contributed by atoms with E-state index in [1.165, 1.54) is 18.0 Å². The first-order valence-electron chi connectivity index (χ1n) is 5.03. The molecule has 2 unspecified atom stereocenters. The Morgan fingerprint density at radius 2 is 2.50 bits per heavy atom. The van der Waals surface area contributed by atoms with E-state index in [-0.39, 0.29) is 6.10 Å². The zero-order chi connectivity index (χ0) is 9.80. The highest BCUT2D eigenvalue weighted by Crippen LogP contribution is 2.24. The lowest BCUT2D eigenvalue weighted by atomic mass is 9.87. The van der Waals surface area contributed by atoms with Gasteiger partial charge in [-0.05, 0) is 25.2 Å². The maximum atomic E-state index is 9.48. The first kappa shape index (κ1) is 9.86. The summed E-state index contributed by atoms with van der Waals surface area (Å²) in [5.41, 5.74) is 0. The fourth-order valence-electron chi connectivity index (χ4n) is 1.93. The number of rotatable bonds is 3. The first-order chi connectivity index (χ1) is 6.84. The Bertz CT molecular complexity index is 265. The van der Waals surface area contributed by atoms with Crippen LogP contribution in [0.15, 0.2) is 6.33 Å². The quantitative estimate of drug-likeness (QED) is 0.799. The molecule has 1 aliphatic rings. The Morgan fingerprint density at radius 3 is 3.21 bits per heavy atom. The van der Waals surface area contributed by atoms with Crippen molar-refractivity contribution in [2.45, 2.75) is 31.8 Å². The second kappa shape index (κ2) is 4.70. The lowest BCUT2D eigenvalue weighted by Gasteiger charge is -2.25. The number of aliphatic hydroxyl groups excluding tert-OH is 1. The summed E-state index contributed by atoms with van der Waals surface area (Å²) in [4.78, 5) is 4.05. The highest BCUT2D eigenvalue weighted by molar-refractivity contribution is 7.09. The number of aliphatic hydroxyl groups is 1. The van der Waals surface area contributed by atoms with Crippen molar-refractivity contribution in [1.29, 1.82) is 0 Å². The number of nitrogens with zero attached hydrogens (tertiary/aromatic N) is 2. The van der Waals surface area contributed by atoms with Gasteiger partial charge >= 0.3 is 0 Å². The predicted octanol–water partition coefficient (Wildman–Crippen LogP) is 1.50. The molecule has 0 radical (unpaired) electrons. The summed E-state index contributed by atoms with van der Waals surface area (Å²) in [7, 11) is 0. The molecule has 0 aromatic carbocycles. The number of hydrogen-bond donors (Lipinski definition) is 2. The van der Waals surface area contributed by atoms with Crippen molar-refractivity contribution in [2.24, 2.45) is 5.92 Å². The van der Waals surface area contributed by atoms with Crippen molar-refractivity contribution in [3.05, 3.63) is 6.33 Å². The highest BCUT2D eigenvalue weighted by Gasteiger charge is 2.19. The summed E-state index contributed by atoms with van der Waals surface area (Å²) in [6.07, 6.45) is 5.71. The molecule has 0 saturated heterocycles. The van der Waals surface area contributed by atoms with Crippen LogP contribution < -0.4 is 5.32 Å². The molecule has 1 aromatic heterocycles. The van der Waals surface area contributed by atoms with Gasteiger partial charge in [0.2, 0.25) is 5.13 Å². The van der Waals surface area contributed by atoms with E-state index in [0.717, 1.165) is 30.9 Å². The van der Waals surface area contributed by atoms with Gasteiger partial charge in [-0.25, -0.2) is 4.98 Å². The monoisotopic (exact) mass is 213 g/mol. The van der Waals surface area contributed by atoms with Gasteiger partial charge in [0.25, 0.3) is 0 Å². The Hall–Kier alpha value is -0.680. The zero-order valence-electron chi connectivity index (χ0n) is 8.02. The maximum Gasteiger partial charge on any atom is 0.202 e. The summed E-state index contributed by atoms with van der Waals surface area (Å²) >= 11 is 1.38. The molecule has 0 bridgehead atoms. The molecule has 78 valence electrons. The van der Waals surface area contributed by atoms with Gasteiger partial charge in [-0.2, -0.15) is 4.37 Å². The van der Waals surface area contributed by atoms with Crippen LogP contribution in [-0.2, 0) is 0 Å². The van der Waals surface area contributed by atoms with Gasteiger partial charge in [-0.15, -0.1) is 0 Å². The van der Waals surface area contributed by atoms with E-state index < -0.39 is 0 Å². The topological polar surface area (TPSA) is 58.0 Å². The molecule has 2 N–H and O–H groups in total. The minimum atomic E-state index is -0.0926. The van der Waals surface area contributed by atoms with Gasteiger partial charge < -0.3 is 10.4 Å². The molecule has 0 spiro atoms. The summed E-state index contributed by atoms with van der Waals surface area (Å²) in [5.74, 6) is 0.586. The van der Waals surface area contributed by atoms with E-state index >= 15 is 0 Å². The van der Waals surface area contributed by atoms with E-state index in [0.29, 0.717) is 5.92 Å². The van der Waals surface area contributed by atoms with E-state index in [4.69, 9.17) is 0 Å². The fraction of sp³-hybridized carbons (Fsp3) is 0.778. The van der Waals surface area contributed by atoms with Crippen LogP contribution in [0.1, 0.15) is 25.7 Å². The van der Waals surface area contributed by atoms with Crippen LogP contribution in [0, 0.1) is 5.92 Å². The van der Waals surface area contributed by atoms with Crippen LogP contribution in [-0.4, -0.2) is 27.1 Å². The van der Waals surface area contributed by atoms with Crippen molar-refractivity contribution in [1.82, 2.24) is 9.36 Å². The smallest absolute Gasteiger partial charge is 0.202 e. The summed E-state index contributed by atoms with van der Waals surface area (Å²) in [6, 6.07) is 0. The summed E-state index contributed by atoms with van der Waals surface area (Å²) in [5, 5.41) is 13.6. The fourth-order valence-corrected chi connectivity index (χ4v) is 2.37. The number of aromatic nitrogens is 2. The number of hydrogen-bond acceptors (Lipinski definition) is 5. The molecule has 1 aliphatic carbocycles. The molecule has 1 fully saturated rings. The van der Waals surface area contributed by atoms with Crippen LogP contribution in [0.5, 0.6) is 0 Å². The zero-order valence-corrected chi connectivity index (χ0v) is 8.83. The van der Waals surface area contributed by atoms with Crippen LogP contribution in [0.3, 0.4) is 0 Å². The van der Waals surface area contributed by atoms with Crippen molar-refractivity contribution in [3.63, 3.8) is 0 Å². The van der Waals surface area contributed by atoms with Gasteiger partial charge in [0.1, 0.15) is 6.33 Å². The minimum Gasteiger partial charge on any atom is -0.393 e. The second-order valence-electron chi connectivity index (χ2n) is 3.81. The third-order valence-corrected chi connectivity index (χ3v) is 3.28. The summed E-state index contributed by atoms with van der Waals surface area (Å²) < 4.78 is 3.92. The largest absolute Gasteiger partial charge is 0.393 e. The van der Waals surface area contributed by atoms with Crippen LogP contribution in [0.4, 0.5) is 5.13 Å². The Balaban J connectivity index is 1.75. The number of anilines is 1. The third-order valence-electron chi connectivity index (χ3n) is 2.66. The Labute approximate surface area is 87.5 Å². The SMILES string of the molecule is OC1CCCC(CNc2ncns2)C1. The molecule has 0 amide bonds. The molecule has 1 heterocycles. The van der Waals surface area contributed by atoms with E-state index in [9.17, 15) is 5.11 Å². The Kier molecular flexibility index (Phi) is 3.31. The van der Waals surface area contributed by atoms with Crippen LogP contribution in [0.2, 0.25) is 0 Å². The maximum absolute atomic E-state index is 9.48. The van der Waals surface area contributed by atoms with Crippen LogP contribution in [0.25, 0.3) is 0 Å². The van der Waals surface area contributed by atoms with E-state index in [1.807, 2.05) is 0 Å². The normalized spacial score (nSPS) is 27.5. The van der Waals surface area contributed by atoms with Crippen molar-refractivity contribution in [2.75, 3.05) is 11.9 Å². The molecular weight excluding hydrogens is 198 g/mol. The third kappa shape index (κ3) is 2.65. The van der Waals surface area contributed by atoms with Crippen molar-refractivity contribution in [3.8, 4) is 0 Å². The van der Waals surface area contributed by atoms with Gasteiger partial charge in [-0.1, -0.05) is 6.42 Å².